The van der Waals surface area contributed by atoms with Crippen LogP contribution in [0.25, 0.3) is 11.1 Å². The minimum atomic E-state index is -3.88. The number of carbonyl (C=O) groups excluding carboxylic acids is 1. The largest absolute Gasteiger partial charge is 0.497 e. The highest BCUT2D eigenvalue weighted by molar-refractivity contribution is 7.89. The van der Waals surface area contributed by atoms with Crippen LogP contribution in [-0.4, -0.2) is 33.7 Å². The normalized spacial score (nSPS) is 11.3. The molecule has 0 aliphatic carbocycles. The second-order valence-corrected chi connectivity index (χ2v) is 8.87. The molecule has 1 amide bonds. The molecule has 0 unspecified atom stereocenters. The number of rotatable bonds is 8. The maximum absolute atomic E-state index is 13.2. The molecule has 10 heteroatoms. The van der Waals surface area contributed by atoms with E-state index in [9.17, 15) is 13.2 Å². The van der Waals surface area contributed by atoms with Crippen molar-refractivity contribution in [2.45, 2.75) is 32.2 Å². The SMILES string of the molecule is COc1ccc(OC)c(CNS(=O)(=O)c2cc(-c3c(C)noc3NC(C)=O)ccc2C)c1. The maximum atomic E-state index is 13.2. The van der Waals surface area contributed by atoms with Gasteiger partial charge in [0, 0.05) is 19.0 Å². The number of aromatic nitrogens is 1. The van der Waals surface area contributed by atoms with Crippen LogP contribution < -0.4 is 19.5 Å². The van der Waals surface area contributed by atoms with Crippen LogP contribution in [0.15, 0.2) is 45.8 Å². The Kier molecular flexibility index (Phi) is 6.85. The standard InChI is InChI=1S/C22H25N3O6S/c1-13-6-7-16(21-14(2)25-31-22(21)24-15(3)26)11-20(13)32(27,28)23-12-17-10-18(29-4)8-9-19(17)30-5/h6-11,23H,12H2,1-5H3,(H,24,26). The Morgan fingerprint density at radius 2 is 1.84 bits per heavy atom. The highest BCUT2D eigenvalue weighted by Gasteiger charge is 2.22. The number of amides is 1. The molecule has 32 heavy (non-hydrogen) atoms. The van der Waals surface area contributed by atoms with Gasteiger partial charge in [0.15, 0.2) is 0 Å². The van der Waals surface area contributed by atoms with Crippen LogP contribution >= 0.6 is 0 Å². The molecule has 0 aliphatic heterocycles. The first-order valence-electron chi connectivity index (χ1n) is 9.71. The Morgan fingerprint density at radius 1 is 1.09 bits per heavy atom. The van der Waals surface area contributed by atoms with Gasteiger partial charge < -0.3 is 14.0 Å². The van der Waals surface area contributed by atoms with E-state index >= 15 is 0 Å². The van der Waals surface area contributed by atoms with Gasteiger partial charge in [-0.3, -0.25) is 10.1 Å². The van der Waals surface area contributed by atoms with E-state index in [4.69, 9.17) is 14.0 Å². The molecule has 3 rings (SSSR count). The molecule has 3 aromatic rings. The summed E-state index contributed by atoms with van der Waals surface area (Å²) in [6, 6.07) is 10.1. The fourth-order valence-electron chi connectivity index (χ4n) is 3.27. The van der Waals surface area contributed by atoms with Crippen molar-refractivity contribution in [1.29, 1.82) is 0 Å². The number of nitrogens with zero attached hydrogens (tertiary/aromatic N) is 1. The first-order valence-corrected chi connectivity index (χ1v) is 11.2. The van der Waals surface area contributed by atoms with Gasteiger partial charge in [-0.2, -0.15) is 0 Å². The maximum Gasteiger partial charge on any atom is 0.241 e. The third kappa shape index (κ3) is 4.92. The molecule has 2 N–H and O–H groups in total. The molecule has 0 saturated carbocycles. The summed E-state index contributed by atoms with van der Waals surface area (Å²) in [4.78, 5) is 11.6. The van der Waals surface area contributed by atoms with Crippen LogP contribution in [0, 0.1) is 13.8 Å². The zero-order chi connectivity index (χ0) is 23.5. The van der Waals surface area contributed by atoms with Crippen LogP contribution in [0.4, 0.5) is 5.88 Å². The van der Waals surface area contributed by atoms with Crippen molar-refractivity contribution in [3.63, 3.8) is 0 Å². The Morgan fingerprint density at radius 3 is 2.50 bits per heavy atom. The van der Waals surface area contributed by atoms with E-state index in [2.05, 4.69) is 15.2 Å². The van der Waals surface area contributed by atoms with Gasteiger partial charge in [0.1, 0.15) is 11.5 Å². The molecule has 1 aromatic heterocycles. The van der Waals surface area contributed by atoms with Crippen molar-refractivity contribution < 1.29 is 27.2 Å². The van der Waals surface area contributed by atoms with Gasteiger partial charge in [-0.1, -0.05) is 17.3 Å². The second-order valence-electron chi connectivity index (χ2n) is 7.14. The van der Waals surface area contributed by atoms with Crippen molar-refractivity contribution in [3.05, 3.63) is 53.2 Å². The Balaban J connectivity index is 1.95. The van der Waals surface area contributed by atoms with Gasteiger partial charge in [0.25, 0.3) is 0 Å². The molecule has 0 aliphatic rings. The number of methoxy groups -OCH3 is 2. The smallest absolute Gasteiger partial charge is 0.241 e. The van der Waals surface area contributed by atoms with Crippen molar-refractivity contribution in [1.82, 2.24) is 9.88 Å². The van der Waals surface area contributed by atoms with E-state index in [-0.39, 0.29) is 23.2 Å². The monoisotopic (exact) mass is 459 g/mol. The van der Waals surface area contributed by atoms with Crippen LogP contribution in [0.1, 0.15) is 23.7 Å². The molecule has 0 fully saturated rings. The molecule has 2 aromatic carbocycles. The van der Waals surface area contributed by atoms with Gasteiger partial charge in [0.2, 0.25) is 21.8 Å². The lowest BCUT2D eigenvalue weighted by molar-refractivity contribution is -0.114. The van der Waals surface area contributed by atoms with E-state index in [0.29, 0.717) is 39.4 Å². The van der Waals surface area contributed by atoms with Crippen molar-refractivity contribution in [2.75, 3.05) is 19.5 Å². The second kappa shape index (κ2) is 9.41. The van der Waals surface area contributed by atoms with E-state index in [1.807, 2.05) is 0 Å². The molecule has 9 nitrogen and oxygen atoms in total. The predicted molar refractivity (Wildman–Crippen MR) is 119 cm³/mol. The van der Waals surface area contributed by atoms with Gasteiger partial charge >= 0.3 is 0 Å². The van der Waals surface area contributed by atoms with E-state index in [1.54, 1.807) is 44.2 Å². The van der Waals surface area contributed by atoms with E-state index < -0.39 is 10.0 Å². The van der Waals surface area contributed by atoms with Crippen LogP contribution in [0.2, 0.25) is 0 Å². The summed E-state index contributed by atoms with van der Waals surface area (Å²) < 4.78 is 44.7. The number of ether oxygens (including phenoxy) is 2. The fraction of sp³-hybridized carbons (Fsp3) is 0.273. The minimum absolute atomic E-state index is 0.00973. The Labute approximate surface area is 186 Å². The quantitative estimate of drug-likeness (QED) is 0.530. The molecular formula is C22H25N3O6S. The first-order chi connectivity index (χ1) is 15.2. The number of aryl methyl sites for hydroxylation is 2. The van der Waals surface area contributed by atoms with Crippen LogP contribution in [0.5, 0.6) is 11.5 Å². The molecule has 0 spiro atoms. The highest BCUT2D eigenvalue weighted by Crippen LogP contribution is 2.34. The third-order valence-electron chi connectivity index (χ3n) is 4.86. The molecule has 0 atom stereocenters. The Hall–Kier alpha value is -3.37. The van der Waals surface area contributed by atoms with Gasteiger partial charge in [-0.15, -0.1) is 0 Å². The van der Waals surface area contributed by atoms with E-state index in [0.717, 1.165) is 0 Å². The van der Waals surface area contributed by atoms with Gasteiger partial charge in [-0.05, 0) is 49.2 Å². The average Bonchev–Trinajstić information content (AvgIpc) is 3.11. The number of hydrogen-bond donors (Lipinski definition) is 2. The molecule has 0 saturated heterocycles. The zero-order valence-electron chi connectivity index (χ0n) is 18.5. The predicted octanol–water partition coefficient (Wildman–Crippen LogP) is 3.41. The number of carbonyl (C=O) groups is 1. The topological polar surface area (TPSA) is 120 Å². The summed E-state index contributed by atoms with van der Waals surface area (Å²) in [5.74, 6) is 0.971. The molecular weight excluding hydrogens is 434 g/mol. The van der Waals surface area contributed by atoms with Crippen LogP contribution in [-0.2, 0) is 21.4 Å². The van der Waals surface area contributed by atoms with Crippen LogP contribution in [0.3, 0.4) is 0 Å². The third-order valence-corrected chi connectivity index (χ3v) is 6.40. The lowest BCUT2D eigenvalue weighted by Crippen LogP contribution is -2.24. The van der Waals surface area contributed by atoms with Crippen molar-refractivity contribution in [2.24, 2.45) is 0 Å². The number of hydrogen-bond acceptors (Lipinski definition) is 7. The summed E-state index contributed by atoms with van der Waals surface area (Å²) in [5, 5.41) is 6.47. The minimum Gasteiger partial charge on any atom is -0.497 e. The highest BCUT2D eigenvalue weighted by atomic mass is 32.2. The van der Waals surface area contributed by atoms with Gasteiger partial charge in [-0.25, -0.2) is 13.1 Å². The number of benzene rings is 2. The summed E-state index contributed by atoms with van der Waals surface area (Å²) in [7, 11) is -0.831. The number of sulfonamides is 1. The lowest BCUT2D eigenvalue weighted by Gasteiger charge is -2.14. The summed E-state index contributed by atoms with van der Waals surface area (Å²) in [5.41, 5.74) is 2.79. The Bertz CT molecular complexity index is 1250. The van der Waals surface area contributed by atoms with E-state index in [1.165, 1.54) is 27.2 Å². The number of anilines is 1. The molecule has 1 heterocycles. The molecule has 0 radical (unpaired) electrons. The van der Waals surface area contributed by atoms with Gasteiger partial charge in [0.05, 0.1) is 30.4 Å². The average molecular weight is 460 g/mol. The first kappa shape index (κ1) is 23.3. The van der Waals surface area contributed by atoms with Crippen molar-refractivity contribution in [3.8, 4) is 22.6 Å². The number of nitrogens with one attached hydrogen (secondary N) is 2. The molecule has 170 valence electrons. The summed E-state index contributed by atoms with van der Waals surface area (Å²) in [6.45, 7) is 4.78. The lowest BCUT2D eigenvalue weighted by atomic mass is 10.0. The zero-order valence-corrected chi connectivity index (χ0v) is 19.3. The van der Waals surface area contributed by atoms with Crippen molar-refractivity contribution >= 4 is 21.8 Å². The summed E-state index contributed by atoms with van der Waals surface area (Å²) >= 11 is 0. The summed E-state index contributed by atoms with van der Waals surface area (Å²) in [6.07, 6.45) is 0. The molecule has 0 bridgehead atoms. The fourth-order valence-corrected chi connectivity index (χ4v) is 4.55.